The number of benzene rings is 1. The number of hydrogen-bond donors (Lipinski definition) is 0. The van der Waals surface area contributed by atoms with Crippen LogP contribution in [0.15, 0.2) is 24.3 Å². The lowest BCUT2D eigenvalue weighted by Crippen LogP contribution is -2.27. The molecule has 1 aromatic carbocycles. The van der Waals surface area contributed by atoms with Gasteiger partial charge in [-0.1, -0.05) is 19.4 Å². The molecule has 0 aliphatic rings. The summed E-state index contributed by atoms with van der Waals surface area (Å²) in [6, 6.07) is 5.86. The van der Waals surface area contributed by atoms with Gasteiger partial charge in [-0.25, -0.2) is 4.79 Å². The monoisotopic (exact) mass is 252 g/mol. The third kappa shape index (κ3) is 3.73. The second-order valence-electron chi connectivity index (χ2n) is 3.80. The Hall–Kier alpha value is -2.11. The Balaban J connectivity index is 2.71. The van der Waals surface area contributed by atoms with Gasteiger partial charge < -0.3 is 4.74 Å². The fraction of sp³-hybridized carbons (Fsp3) is 0.417. The van der Waals surface area contributed by atoms with Crippen LogP contribution in [0.1, 0.15) is 19.8 Å². The van der Waals surface area contributed by atoms with E-state index < -0.39 is 11.0 Å². The zero-order chi connectivity index (χ0) is 13.5. The molecular weight excluding hydrogens is 236 g/mol. The first kappa shape index (κ1) is 14.0. The number of amides is 1. The number of nitrogens with zero attached hydrogens (tertiary/aromatic N) is 2. The average Bonchev–Trinajstić information content (AvgIpc) is 2.38. The molecule has 1 rings (SSSR count). The highest BCUT2D eigenvalue weighted by Crippen LogP contribution is 2.20. The predicted octanol–water partition coefficient (Wildman–Crippen LogP) is 2.97. The first-order valence-corrected chi connectivity index (χ1v) is 5.71. The second-order valence-corrected chi connectivity index (χ2v) is 3.80. The van der Waals surface area contributed by atoms with Crippen LogP contribution in [0.5, 0.6) is 0 Å². The summed E-state index contributed by atoms with van der Waals surface area (Å²) in [4.78, 5) is 23.0. The largest absolute Gasteiger partial charge is 0.449 e. The quantitative estimate of drug-likeness (QED) is 0.458. The molecule has 0 aliphatic heterocycles. The van der Waals surface area contributed by atoms with Crippen molar-refractivity contribution in [1.82, 2.24) is 0 Å². The number of carbonyl (C=O) groups excluding carboxylic acids is 1. The van der Waals surface area contributed by atoms with Crippen LogP contribution in [-0.4, -0.2) is 24.7 Å². The van der Waals surface area contributed by atoms with Gasteiger partial charge in [0.25, 0.3) is 5.69 Å². The van der Waals surface area contributed by atoms with Crippen LogP contribution in [0, 0.1) is 10.1 Å². The minimum atomic E-state index is -0.510. The highest BCUT2D eigenvalue weighted by Gasteiger charge is 2.14. The van der Waals surface area contributed by atoms with Gasteiger partial charge in [-0.15, -0.1) is 0 Å². The topological polar surface area (TPSA) is 72.7 Å². The summed E-state index contributed by atoms with van der Waals surface area (Å²) in [6.45, 7) is 2.35. The Kier molecular flexibility index (Phi) is 5.10. The molecule has 0 unspecified atom stereocenters. The molecule has 0 saturated heterocycles. The molecule has 0 saturated carbocycles. The van der Waals surface area contributed by atoms with Crippen molar-refractivity contribution >= 4 is 17.5 Å². The van der Waals surface area contributed by atoms with Gasteiger partial charge in [0.1, 0.15) is 0 Å². The first-order chi connectivity index (χ1) is 8.56. The number of unbranched alkanes of at least 4 members (excludes halogenated alkanes) is 1. The Bertz CT molecular complexity index is 434. The summed E-state index contributed by atoms with van der Waals surface area (Å²) in [5, 5.41) is 10.6. The van der Waals surface area contributed by atoms with Crippen molar-refractivity contribution in [3.8, 4) is 0 Å². The fourth-order valence-corrected chi connectivity index (χ4v) is 1.32. The zero-order valence-corrected chi connectivity index (χ0v) is 10.5. The SMILES string of the molecule is CCCCOC(=O)N(C)c1cccc([N+](=O)[O-])c1. The molecule has 0 aliphatic carbocycles. The summed E-state index contributed by atoms with van der Waals surface area (Å²) in [6.07, 6.45) is 1.23. The van der Waals surface area contributed by atoms with Gasteiger partial charge in [-0.2, -0.15) is 0 Å². The minimum absolute atomic E-state index is 0.0549. The smallest absolute Gasteiger partial charge is 0.414 e. The van der Waals surface area contributed by atoms with Gasteiger partial charge in [0.15, 0.2) is 0 Å². The molecule has 0 fully saturated rings. The second kappa shape index (κ2) is 6.58. The molecule has 0 atom stereocenters. The van der Waals surface area contributed by atoms with E-state index in [9.17, 15) is 14.9 Å². The lowest BCUT2D eigenvalue weighted by molar-refractivity contribution is -0.384. The van der Waals surface area contributed by atoms with Crippen LogP contribution in [0.4, 0.5) is 16.2 Å². The van der Waals surface area contributed by atoms with Crippen molar-refractivity contribution < 1.29 is 14.5 Å². The van der Waals surface area contributed by atoms with Crippen LogP contribution in [-0.2, 0) is 4.74 Å². The normalized spacial score (nSPS) is 9.89. The summed E-state index contributed by atoms with van der Waals surface area (Å²) < 4.78 is 5.02. The molecule has 0 spiro atoms. The summed E-state index contributed by atoms with van der Waals surface area (Å²) in [7, 11) is 1.52. The number of hydrogen-bond acceptors (Lipinski definition) is 4. The molecule has 6 heteroatoms. The van der Waals surface area contributed by atoms with Gasteiger partial charge in [0.05, 0.1) is 17.2 Å². The Morgan fingerprint density at radius 1 is 1.50 bits per heavy atom. The maximum absolute atomic E-state index is 11.6. The number of non-ortho nitro benzene ring substituents is 1. The molecule has 0 radical (unpaired) electrons. The van der Waals surface area contributed by atoms with E-state index in [4.69, 9.17) is 4.74 Å². The van der Waals surface area contributed by atoms with Crippen molar-refractivity contribution in [2.24, 2.45) is 0 Å². The summed E-state index contributed by atoms with van der Waals surface area (Å²) >= 11 is 0. The standard InChI is InChI=1S/C12H16N2O4/c1-3-4-8-18-12(15)13(2)10-6-5-7-11(9-10)14(16)17/h5-7,9H,3-4,8H2,1-2H3. The molecule has 0 aromatic heterocycles. The number of ether oxygens (including phenoxy) is 1. The Morgan fingerprint density at radius 3 is 2.83 bits per heavy atom. The summed E-state index contributed by atoms with van der Waals surface area (Å²) in [5.74, 6) is 0. The van der Waals surface area contributed by atoms with Gasteiger partial charge in [0.2, 0.25) is 0 Å². The molecule has 18 heavy (non-hydrogen) atoms. The third-order valence-corrected chi connectivity index (χ3v) is 2.43. The number of rotatable bonds is 5. The maximum Gasteiger partial charge on any atom is 0.414 e. The van der Waals surface area contributed by atoms with Crippen molar-refractivity contribution in [1.29, 1.82) is 0 Å². The fourth-order valence-electron chi connectivity index (χ4n) is 1.32. The van der Waals surface area contributed by atoms with Gasteiger partial charge >= 0.3 is 6.09 Å². The molecule has 6 nitrogen and oxygen atoms in total. The lowest BCUT2D eigenvalue weighted by atomic mass is 10.2. The average molecular weight is 252 g/mol. The van der Waals surface area contributed by atoms with E-state index in [-0.39, 0.29) is 5.69 Å². The third-order valence-electron chi connectivity index (χ3n) is 2.43. The van der Waals surface area contributed by atoms with E-state index >= 15 is 0 Å². The van der Waals surface area contributed by atoms with E-state index in [1.807, 2.05) is 6.92 Å². The number of anilines is 1. The van der Waals surface area contributed by atoms with E-state index in [0.29, 0.717) is 12.3 Å². The highest BCUT2D eigenvalue weighted by molar-refractivity contribution is 5.87. The van der Waals surface area contributed by atoms with Gasteiger partial charge in [-0.3, -0.25) is 15.0 Å². The zero-order valence-electron chi connectivity index (χ0n) is 10.5. The van der Waals surface area contributed by atoms with Crippen molar-refractivity contribution in [2.45, 2.75) is 19.8 Å². The van der Waals surface area contributed by atoms with Crippen molar-refractivity contribution in [2.75, 3.05) is 18.6 Å². The molecule has 98 valence electrons. The Morgan fingerprint density at radius 2 is 2.22 bits per heavy atom. The molecule has 1 amide bonds. The van der Waals surface area contributed by atoms with Crippen molar-refractivity contribution in [3.05, 3.63) is 34.4 Å². The molecule has 0 N–H and O–H groups in total. The predicted molar refractivity (Wildman–Crippen MR) is 67.8 cm³/mol. The molecule has 0 bridgehead atoms. The number of nitro groups is 1. The molecule has 0 heterocycles. The van der Waals surface area contributed by atoms with Crippen LogP contribution in [0.3, 0.4) is 0 Å². The highest BCUT2D eigenvalue weighted by atomic mass is 16.6. The maximum atomic E-state index is 11.6. The van der Waals surface area contributed by atoms with Gasteiger partial charge in [-0.05, 0) is 12.5 Å². The molecular formula is C12H16N2O4. The first-order valence-electron chi connectivity index (χ1n) is 5.71. The molecule has 1 aromatic rings. The van der Waals surface area contributed by atoms with Crippen LogP contribution < -0.4 is 4.90 Å². The van der Waals surface area contributed by atoms with Crippen molar-refractivity contribution in [3.63, 3.8) is 0 Å². The van der Waals surface area contributed by atoms with Crippen LogP contribution in [0.2, 0.25) is 0 Å². The van der Waals surface area contributed by atoms with Crippen LogP contribution >= 0.6 is 0 Å². The number of nitro benzene ring substituents is 1. The van der Waals surface area contributed by atoms with E-state index in [1.54, 1.807) is 6.07 Å². The van der Waals surface area contributed by atoms with Crippen LogP contribution in [0.25, 0.3) is 0 Å². The van der Waals surface area contributed by atoms with E-state index in [0.717, 1.165) is 12.8 Å². The summed E-state index contributed by atoms with van der Waals surface area (Å²) in [5.41, 5.74) is 0.381. The van der Waals surface area contributed by atoms with E-state index in [1.165, 1.54) is 30.1 Å². The van der Waals surface area contributed by atoms with Gasteiger partial charge in [0, 0.05) is 19.2 Å². The van der Waals surface area contributed by atoms with E-state index in [2.05, 4.69) is 0 Å². The minimum Gasteiger partial charge on any atom is -0.449 e. The lowest BCUT2D eigenvalue weighted by Gasteiger charge is -2.16. The number of carbonyl (C=O) groups is 1. The Labute approximate surface area is 105 Å².